The molecule has 4 heteroatoms. The molecule has 1 rings (SSSR count). The molecule has 1 aromatic rings. The van der Waals surface area contributed by atoms with Crippen LogP contribution in [0.4, 0.5) is 0 Å². The van der Waals surface area contributed by atoms with Crippen molar-refractivity contribution in [3.63, 3.8) is 0 Å². The molecule has 0 heterocycles. The minimum absolute atomic E-state index is 0.218. The standard InChI is InChI=1S/C8H10O2.C3H6O2/c9-6-8(10)7-4-2-1-3-5-7;1-2-3(4)5/h1-5,8-10H,6H2;2H2,1H3,(H,4,5)/t8-;/m1./s1. The normalized spacial score (nSPS) is 11.1. The van der Waals surface area contributed by atoms with Crippen molar-refractivity contribution in [1.29, 1.82) is 0 Å². The largest absolute Gasteiger partial charge is 0.481 e. The zero-order valence-corrected chi connectivity index (χ0v) is 8.63. The molecule has 0 saturated carbocycles. The zero-order valence-electron chi connectivity index (χ0n) is 8.63. The monoisotopic (exact) mass is 212 g/mol. The molecule has 0 unspecified atom stereocenters. The fourth-order valence-electron chi connectivity index (χ4n) is 0.781. The van der Waals surface area contributed by atoms with Crippen LogP contribution >= 0.6 is 0 Å². The van der Waals surface area contributed by atoms with Crippen LogP contribution in [0.25, 0.3) is 0 Å². The first-order chi connectivity index (χ1) is 7.11. The van der Waals surface area contributed by atoms with E-state index in [2.05, 4.69) is 0 Å². The minimum Gasteiger partial charge on any atom is -0.481 e. The number of aliphatic hydroxyl groups is 2. The molecular formula is C11H16O4. The highest BCUT2D eigenvalue weighted by molar-refractivity contribution is 5.66. The lowest BCUT2D eigenvalue weighted by Gasteiger charge is -2.05. The van der Waals surface area contributed by atoms with Crippen LogP contribution in [-0.2, 0) is 4.79 Å². The Labute approximate surface area is 88.8 Å². The summed E-state index contributed by atoms with van der Waals surface area (Å²) in [5, 5.41) is 25.3. The third-order valence-electron chi connectivity index (χ3n) is 1.66. The van der Waals surface area contributed by atoms with Crippen molar-refractivity contribution in [3.05, 3.63) is 35.9 Å². The van der Waals surface area contributed by atoms with E-state index in [0.717, 1.165) is 5.56 Å². The number of hydrogen-bond donors (Lipinski definition) is 3. The smallest absolute Gasteiger partial charge is 0.303 e. The topological polar surface area (TPSA) is 77.8 Å². The van der Waals surface area contributed by atoms with Gasteiger partial charge >= 0.3 is 5.97 Å². The van der Waals surface area contributed by atoms with Crippen LogP contribution in [0.5, 0.6) is 0 Å². The van der Waals surface area contributed by atoms with Gasteiger partial charge in [0.15, 0.2) is 0 Å². The third kappa shape index (κ3) is 6.65. The summed E-state index contributed by atoms with van der Waals surface area (Å²) in [4.78, 5) is 9.37. The second kappa shape index (κ2) is 7.96. The summed E-state index contributed by atoms with van der Waals surface area (Å²) in [6.45, 7) is 1.38. The average Bonchev–Trinajstić information content (AvgIpc) is 2.30. The lowest BCUT2D eigenvalue weighted by Crippen LogP contribution is -2.01. The summed E-state index contributed by atoms with van der Waals surface area (Å²) in [6.07, 6.45) is -0.513. The summed E-state index contributed by atoms with van der Waals surface area (Å²) < 4.78 is 0. The predicted molar refractivity (Wildman–Crippen MR) is 56.4 cm³/mol. The first-order valence-corrected chi connectivity index (χ1v) is 4.67. The van der Waals surface area contributed by atoms with Crippen molar-refractivity contribution in [1.82, 2.24) is 0 Å². The van der Waals surface area contributed by atoms with Gasteiger partial charge in [0.1, 0.15) is 6.10 Å². The van der Waals surface area contributed by atoms with Gasteiger partial charge in [-0.1, -0.05) is 37.3 Å². The second-order valence-electron chi connectivity index (χ2n) is 2.86. The Bertz CT molecular complexity index is 271. The van der Waals surface area contributed by atoms with Crippen LogP contribution < -0.4 is 0 Å². The van der Waals surface area contributed by atoms with Gasteiger partial charge in [0.2, 0.25) is 0 Å². The summed E-state index contributed by atoms with van der Waals surface area (Å²) >= 11 is 0. The molecule has 0 fully saturated rings. The van der Waals surface area contributed by atoms with Crippen molar-refractivity contribution in [2.24, 2.45) is 0 Å². The van der Waals surface area contributed by atoms with E-state index in [9.17, 15) is 4.79 Å². The maximum absolute atomic E-state index is 9.37. The first-order valence-electron chi connectivity index (χ1n) is 4.67. The second-order valence-corrected chi connectivity index (χ2v) is 2.86. The maximum atomic E-state index is 9.37. The van der Waals surface area contributed by atoms with Crippen LogP contribution in [0.15, 0.2) is 30.3 Å². The molecule has 0 radical (unpaired) electrons. The number of benzene rings is 1. The lowest BCUT2D eigenvalue weighted by molar-refractivity contribution is -0.136. The molecule has 0 aromatic heterocycles. The number of aliphatic hydroxyl groups excluding tert-OH is 2. The van der Waals surface area contributed by atoms with E-state index < -0.39 is 12.1 Å². The van der Waals surface area contributed by atoms with Crippen molar-refractivity contribution < 1.29 is 20.1 Å². The van der Waals surface area contributed by atoms with Gasteiger partial charge in [-0.25, -0.2) is 0 Å². The van der Waals surface area contributed by atoms with Gasteiger partial charge in [-0.2, -0.15) is 0 Å². The molecule has 0 aliphatic carbocycles. The van der Waals surface area contributed by atoms with Crippen molar-refractivity contribution >= 4 is 5.97 Å². The Morgan fingerprint density at radius 1 is 1.33 bits per heavy atom. The van der Waals surface area contributed by atoms with E-state index in [4.69, 9.17) is 15.3 Å². The molecule has 84 valence electrons. The van der Waals surface area contributed by atoms with Crippen molar-refractivity contribution in [2.45, 2.75) is 19.4 Å². The Morgan fingerprint density at radius 2 is 1.80 bits per heavy atom. The van der Waals surface area contributed by atoms with Crippen molar-refractivity contribution in [3.8, 4) is 0 Å². The summed E-state index contributed by atoms with van der Waals surface area (Å²) in [5.41, 5.74) is 0.755. The van der Waals surface area contributed by atoms with Gasteiger partial charge in [0, 0.05) is 6.42 Å². The zero-order chi connectivity index (χ0) is 11.7. The number of carboxylic acids is 1. The maximum Gasteiger partial charge on any atom is 0.303 e. The molecule has 1 atom stereocenters. The molecule has 4 nitrogen and oxygen atoms in total. The SMILES string of the molecule is CCC(=O)O.OC[C@@H](O)c1ccccc1. The van der Waals surface area contributed by atoms with Gasteiger partial charge in [-0.15, -0.1) is 0 Å². The summed E-state index contributed by atoms with van der Waals surface area (Å²) in [5.74, 6) is -0.745. The molecule has 0 bridgehead atoms. The Hall–Kier alpha value is -1.39. The molecule has 0 amide bonds. The highest BCUT2D eigenvalue weighted by Crippen LogP contribution is 2.09. The number of hydrogen-bond acceptors (Lipinski definition) is 3. The Balaban J connectivity index is 0.000000336. The van der Waals surface area contributed by atoms with Crippen LogP contribution in [0, 0.1) is 0 Å². The average molecular weight is 212 g/mol. The molecular weight excluding hydrogens is 196 g/mol. The van der Waals surface area contributed by atoms with Crippen molar-refractivity contribution in [2.75, 3.05) is 6.61 Å². The van der Waals surface area contributed by atoms with Crippen LogP contribution in [0.2, 0.25) is 0 Å². The van der Waals surface area contributed by atoms with Crippen LogP contribution in [0.1, 0.15) is 25.0 Å². The number of carboxylic acid groups (broad SMARTS) is 1. The highest BCUT2D eigenvalue weighted by Gasteiger charge is 2.02. The van der Waals surface area contributed by atoms with E-state index in [-0.39, 0.29) is 13.0 Å². The minimum atomic E-state index is -0.745. The van der Waals surface area contributed by atoms with E-state index in [1.54, 1.807) is 19.1 Å². The molecule has 0 saturated heterocycles. The lowest BCUT2D eigenvalue weighted by atomic mass is 10.1. The van der Waals surface area contributed by atoms with Crippen LogP contribution in [-0.4, -0.2) is 27.9 Å². The van der Waals surface area contributed by atoms with Crippen LogP contribution in [0.3, 0.4) is 0 Å². The van der Waals surface area contributed by atoms with E-state index in [1.165, 1.54) is 0 Å². The fraction of sp³-hybridized carbons (Fsp3) is 0.364. The van der Waals surface area contributed by atoms with Gasteiger partial charge < -0.3 is 15.3 Å². The molecule has 0 spiro atoms. The molecule has 0 aliphatic rings. The quantitative estimate of drug-likeness (QED) is 0.703. The molecule has 0 aliphatic heterocycles. The van der Waals surface area contributed by atoms with Gasteiger partial charge in [-0.3, -0.25) is 4.79 Å². The number of carbonyl (C=O) groups is 1. The molecule has 3 N–H and O–H groups in total. The predicted octanol–water partition coefficient (Wildman–Crippen LogP) is 1.19. The van der Waals surface area contributed by atoms with Gasteiger partial charge in [-0.05, 0) is 5.56 Å². The fourth-order valence-corrected chi connectivity index (χ4v) is 0.781. The highest BCUT2D eigenvalue weighted by atomic mass is 16.4. The van der Waals surface area contributed by atoms with Gasteiger partial charge in [0.05, 0.1) is 6.61 Å². The van der Waals surface area contributed by atoms with E-state index >= 15 is 0 Å². The number of rotatable bonds is 3. The van der Waals surface area contributed by atoms with E-state index in [0.29, 0.717) is 0 Å². The van der Waals surface area contributed by atoms with E-state index in [1.807, 2.05) is 18.2 Å². The Morgan fingerprint density at radius 3 is 2.13 bits per heavy atom. The molecule has 15 heavy (non-hydrogen) atoms. The van der Waals surface area contributed by atoms with Gasteiger partial charge in [0.25, 0.3) is 0 Å². The summed E-state index contributed by atoms with van der Waals surface area (Å²) in [6, 6.07) is 9.08. The number of aliphatic carboxylic acids is 1. The third-order valence-corrected chi connectivity index (χ3v) is 1.66. The first kappa shape index (κ1) is 13.6. The molecule has 1 aromatic carbocycles. The Kier molecular flexibility index (Phi) is 7.23. The summed E-state index contributed by atoms with van der Waals surface area (Å²) in [7, 11) is 0.